The lowest BCUT2D eigenvalue weighted by Crippen LogP contribution is -1.91. The Morgan fingerprint density at radius 1 is 1.33 bits per heavy atom. The second-order valence-electron chi connectivity index (χ2n) is 3.79. The molecule has 110 valence electrons. The minimum absolute atomic E-state index is 0. The monoisotopic (exact) mass is 311 g/mol. The first-order valence-electron chi connectivity index (χ1n) is 5.42. The van der Waals surface area contributed by atoms with Gasteiger partial charge in [-0.2, -0.15) is 0 Å². The second kappa shape index (κ2) is 6.69. The summed E-state index contributed by atoms with van der Waals surface area (Å²) in [6.45, 7) is 0. The van der Waals surface area contributed by atoms with E-state index in [1.54, 1.807) is 0 Å². The summed E-state index contributed by atoms with van der Waals surface area (Å²) in [5.41, 5.74) is 0.0926. The van der Waals surface area contributed by atoms with E-state index in [1.807, 2.05) is 0 Å². The highest BCUT2D eigenvalue weighted by atomic mass is 35.5. The first kappa shape index (κ1) is 16.4. The fourth-order valence-corrected chi connectivity index (χ4v) is 1.77. The topological polar surface area (TPSA) is 125 Å². The van der Waals surface area contributed by atoms with E-state index in [1.165, 1.54) is 36.4 Å². The summed E-state index contributed by atoms with van der Waals surface area (Å²) in [5.74, 6) is -0.564. The van der Waals surface area contributed by atoms with Crippen LogP contribution in [0, 0.1) is 10.1 Å². The van der Waals surface area contributed by atoms with Gasteiger partial charge < -0.3 is 15.0 Å². The average Bonchev–Trinajstić information content (AvgIpc) is 2.84. The number of nitrogens with zero attached hydrogens (tertiary/aromatic N) is 1. The lowest BCUT2D eigenvalue weighted by molar-refractivity contribution is -0.384. The van der Waals surface area contributed by atoms with E-state index in [2.05, 4.69) is 0 Å². The van der Waals surface area contributed by atoms with Gasteiger partial charge in [0.25, 0.3) is 5.69 Å². The molecule has 2 rings (SSSR count). The maximum absolute atomic E-state index is 11.0. The van der Waals surface area contributed by atoms with Crippen LogP contribution in [0.4, 0.5) is 5.69 Å². The summed E-state index contributed by atoms with van der Waals surface area (Å²) in [7, 11) is 0. The Kier molecular flexibility index (Phi) is 5.23. The van der Waals surface area contributed by atoms with Crippen molar-refractivity contribution in [3.63, 3.8) is 0 Å². The number of halogens is 1. The molecule has 0 saturated heterocycles. The van der Waals surface area contributed by atoms with Crippen LogP contribution < -0.4 is 0 Å². The number of nitro benzene ring substituents is 1. The van der Waals surface area contributed by atoms with E-state index >= 15 is 0 Å². The number of carbonyl (C=O) groups is 1. The fourth-order valence-electron chi connectivity index (χ4n) is 1.60. The summed E-state index contributed by atoms with van der Waals surface area (Å²) in [6.07, 6.45) is 2.17. The van der Waals surface area contributed by atoms with Crippen LogP contribution in [0.1, 0.15) is 5.76 Å². The normalized spacial score (nSPS) is 10.3. The number of hydrogen-bond donors (Lipinski definition) is 1. The number of furan rings is 1. The van der Waals surface area contributed by atoms with Crippen molar-refractivity contribution in [3.8, 4) is 11.3 Å². The minimum Gasteiger partial charge on any atom is -0.478 e. The zero-order valence-corrected chi connectivity index (χ0v) is 11.2. The molecule has 8 heteroatoms. The Bertz CT molecular complexity index is 706. The van der Waals surface area contributed by atoms with E-state index in [0.29, 0.717) is 0 Å². The second-order valence-corrected chi connectivity index (χ2v) is 4.23. The van der Waals surface area contributed by atoms with Crippen molar-refractivity contribution in [2.24, 2.45) is 0 Å². The molecule has 0 spiro atoms. The van der Waals surface area contributed by atoms with Gasteiger partial charge >= 0.3 is 5.97 Å². The third kappa shape index (κ3) is 3.91. The Balaban J connectivity index is 0.00000220. The maximum Gasteiger partial charge on any atom is 0.328 e. The fraction of sp³-hybridized carbons (Fsp3) is 0. The smallest absolute Gasteiger partial charge is 0.328 e. The number of nitro groups is 1. The van der Waals surface area contributed by atoms with Gasteiger partial charge in [-0.15, -0.1) is 0 Å². The molecule has 1 aromatic carbocycles. The molecule has 0 unspecified atom stereocenters. The summed E-state index contributed by atoms with van der Waals surface area (Å²) in [4.78, 5) is 20.8. The van der Waals surface area contributed by atoms with Crippen LogP contribution >= 0.6 is 11.6 Å². The van der Waals surface area contributed by atoms with Crippen LogP contribution in [0.5, 0.6) is 0 Å². The Morgan fingerprint density at radius 3 is 2.67 bits per heavy atom. The van der Waals surface area contributed by atoms with Crippen molar-refractivity contribution >= 4 is 29.3 Å². The average molecular weight is 312 g/mol. The first-order chi connectivity index (χ1) is 9.47. The number of carboxylic acids is 1. The van der Waals surface area contributed by atoms with E-state index < -0.39 is 10.9 Å². The molecule has 7 nitrogen and oxygen atoms in total. The van der Waals surface area contributed by atoms with Crippen LogP contribution in [0.15, 0.2) is 40.8 Å². The summed E-state index contributed by atoms with van der Waals surface area (Å²) in [6, 6.07) is 7.26. The molecule has 0 bridgehead atoms. The maximum atomic E-state index is 11.0. The molecule has 1 aromatic heterocycles. The van der Waals surface area contributed by atoms with Crippen molar-refractivity contribution < 1.29 is 24.7 Å². The van der Waals surface area contributed by atoms with E-state index in [-0.39, 0.29) is 33.3 Å². The highest BCUT2D eigenvalue weighted by Crippen LogP contribution is 2.33. The Labute approximate surface area is 123 Å². The van der Waals surface area contributed by atoms with Crippen LogP contribution in [-0.4, -0.2) is 21.5 Å². The van der Waals surface area contributed by atoms with Gasteiger partial charge in [0.05, 0.1) is 10.5 Å². The molecule has 0 atom stereocenters. The SMILES string of the molecule is O.O=C(O)/C=C/c1ccc(-c2ccc(Cl)cc2[N+](=O)[O-])o1. The van der Waals surface area contributed by atoms with Crippen molar-refractivity contribution in [2.75, 3.05) is 0 Å². The molecule has 0 amide bonds. The molecule has 0 radical (unpaired) electrons. The molecule has 3 N–H and O–H groups in total. The van der Waals surface area contributed by atoms with Gasteiger partial charge in [-0.25, -0.2) is 4.79 Å². The zero-order valence-electron chi connectivity index (χ0n) is 10.4. The Hall–Kier alpha value is -2.64. The van der Waals surface area contributed by atoms with E-state index in [9.17, 15) is 14.9 Å². The number of benzene rings is 1. The molecule has 0 aliphatic heterocycles. The molecule has 2 aromatic rings. The van der Waals surface area contributed by atoms with E-state index in [0.717, 1.165) is 6.08 Å². The van der Waals surface area contributed by atoms with Gasteiger partial charge in [0.2, 0.25) is 0 Å². The van der Waals surface area contributed by atoms with Gasteiger partial charge in [-0.3, -0.25) is 10.1 Å². The van der Waals surface area contributed by atoms with Gasteiger partial charge in [0, 0.05) is 17.2 Å². The van der Waals surface area contributed by atoms with Crippen LogP contribution in [0.2, 0.25) is 5.02 Å². The van der Waals surface area contributed by atoms with Crippen molar-refractivity contribution in [2.45, 2.75) is 0 Å². The van der Waals surface area contributed by atoms with Crippen LogP contribution in [0.25, 0.3) is 17.4 Å². The largest absolute Gasteiger partial charge is 0.478 e. The molecule has 1 heterocycles. The molecular weight excluding hydrogens is 302 g/mol. The summed E-state index contributed by atoms with van der Waals surface area (Å²) >= 11 is 5.73. The Morgan fingerprint density at radius 2 is 2.05 bits per heavy atom. The third-order valence-corrected chi connectivity index (χ3v) is 2.67. The van der Waals surface area contributed by atoms with Crippen molar-refractivity contribution in [1.29, 1.82) is 0 Å². The predicted molar refractivity (Wildman–Crippen MR) is 76.1 cm³/mol. The van der Waals surface area contributed by atoms with Gasteiger partial charge in [0.15, 0.2) is 0 Å². The zero-order chi connectivity index (χ0) is 14.7. The number of carboxylic acid groups (broad SMARTS) is 1. The molecule has 0 fully saturated rings. The number of hydrogen-bond acceptors (Lipinski definition) is 4. The molecule has 0 aliphatic rings. The first-order valence-corrected chi connectivity index (χ1v) is 5.80. The predicted octanol–water partition coefficient (Wildman–Crippen LogP) is 2.78. The van der Waals surface area contributed by atoms with Crippen molar-refractivity contribution in [3.05, 3.63) is 57.3 Å². The van der Waals surface area contributed by atoms with Gasteiger partial charge in [-0.1, -0.05) is 11.6 Å². The van der Waals surface area contributed by atoms with Crippen LogP contribution in [0.3, 0.4) is 0 Å². The number of aliphatic carboxylic acids is 1. The van der Waals surface area contributed by atoms with Gasteiger partial charge in [0.1, 0.15) is 11.5 Å². The summed E-state index contributed by atoms with van der Waals surface area (Å²) < 4.78 is 5.35. The third-order valence-electron chi connectivity index (χ3n) is 2.44. The standard InChI is InChI=1S/C13H8ClNO5.H2O/c14-8-1-4-10(11(7-8)15(18)19)12-5-2-9(20-12)3-6-13(16)17;/h1-7H,(H,16,17);1H2/b6-3+;. The van der Waals surface area contributed by atoms with E-state index in [4.69, 9.17) is 21.1 Å². The number of rotatable bonds is 4. The highest BCUT2D eigenvalue weighted by Gasteiger charge is 2.18. The van der Waals surface area contributed by atoms with Crippen molar-refractivity contribution in [1.82, 2.24) is 0 Å². The lowest BCUT2D eigenvalue weighted by Gasteiger charge is -2.00. The molecular formula is C13H10ClNO6. The minimum atomic E-state index is -1.11. The highest BCUT2D eigenvalue weighted by molar-refractivity contribution is 6.30. The molecule has 0 aliphatic carbocycles. The molecule has 21 heavy (non-hydrogen) atoms. The summed E-state index contributed by atoms with van der Waals surface area (Å²) in [5, 5.41) is 19.7. The lowest BCUT2D eigenvalue weighted by atomic mass is 10.1. The quantitative estimate of drug-likeness (QED) is 0.528. The van der Waals surface area contributed by atoms with Gasteiger partial charge in [-0.05, 0) is 30.3 Å². The van der Waals surface area contributed by atoms with Crippen LogP contribution in [-0.2, 0) is 4.79 Å². The molecule has 0 saturated carbocycles.